The fourth-order valence-electron chi connectivity index (χ4n) is 5.67. The highest BCUT2D eigenvalue weighted by Gasteiger charge is 2.44. The third-order valence-corrected chi connectivity index (χ3v) is 7.77. The van der Waals surface area contributed by atoms with Gasteiger partial charge in [0.15, 0.2) is 0 Å². The number of nitrogens with two attached hydrogens (primary N) is 2. The van der Waals surface area contributed by atoms with Gasteiger partial charge in [0.05, 0.1) is 12.1 Å². The predicted octanol–water partition coefficient (Wildman–Crippen LogP) is -0.258. The van der Waals surface area contributed by atoms with Crippen molar-refractivity contribution in [3.8, 4) is 0 Å². The minimum atomic E-state index is -1.37. The van der Waals surface area contributed by atoms with E-state index in [4.69, 9.17) is 16.2 Å². The number of hydrogen-bond acceptors (Lipinski definition) is 8. The zero-order valence-electron chi connectivity index (χ0n) is 24.9. The number of benzene rings is 1. The molecule has 6 N–H and O–H groups in total. The Morgan fingerprint density at radius 2 is 1.76 bits per heavy atom. The van der Waals surface area contributed by atoms with Crippen LogP contribution in [0.5, 0.6) is 0 Å². The van der Waals surface area contributed by atoms with Gasteiger partial charge in [-0.3, -0.25) is 19.2 Å². The topological polar surface area (TPSA) is 177 Å². The zero-order chi connectivity index (χ0) is 31.3. The minimum absolute atomic E-state index is 0.00159. The standard InChI is InChI=1S/C29H43FN6O6/c1-15-9-19(12-20(30)10-15)13-21(32)25(37)34-24(28(40)35-8-6-7-22(35)26(38)33-5)18(4)42-29(41)23-11-16(2)14-36(23)27(39)17(3)31/h9-10,12,16-18,21-24H,6-8,11,13-14,31-32H2,1-5H3,(H,33,38)(H,34,37)/t16-,17-,18-,21-,22-,23?,24-/m0/s1. The molecule has 12 nitrogen and oxygen atoms in total. The van der Waals surface area contributed by atoms with Gasteiger partial charge in [-0.25, -0.2) is 9.18 Å². The molecule has 2 fully saturated rings. The van der Waals surface area contributed by atoms with Crippen LogP contribution < -0.4 is 22.1 Å². The number of nitrogens with one attached hydrogen (secondary N) is 2. The van der Waals surface area contributed by atoms with Gasteiger partial charge in [-0.2, -0.15) is 0 Å². The second-order valence-electron chi connectivity index (χ2n) is 11.5. The van der Waals surface area contributed by atoms with E-state index in [9.17, 15) is 28.4 Å². The number of rotatable bonds is 10. The first-order chi connectivity index (χ1) is 19.7. The van der Waals surface area contributed by atoms with Crippen LogP contribution in [0.25, 0.3) is 0 Å². The zero-order valence-corrected chi connectivity index (χ0v) is 24.9. The molecule has 0 radical (unpaired) electrons. The van der Waals surface area contributed by atoms with Gasteiger partial charge in [0.1, 0.15) is 30.0 Å². The number of carbonyl (C=O) groups excluding carboxylic acids is 5. The fraction of sp³-hybridized carbons (Fsp3) is 0.621. The van der Waals surface area contributed by atoms with Crippen LogP contribution >= 0.6 is 0 Å². The molecule has 232 valence electrons. The van der Waals surface area contributed by atoms with Gasteiger partial charge in [0.2, 0.25) is 23.6 Å². The highest BCUT2D eigenvalue weighted by Crippen LogP contribution is 2.26. The Labute approximate surface area is 245 Å². The van der Waals surface area contributed by atoms with Crippen molar-refractivity contribution in [2.75, 3.05) is 20.1 Å². The maximum absolute atomic E-state index is 13.9. The van der Waals surface area contributed by atoms with E-state index >= 15 is 0 Å². The number of hydrogen-bond donors (Lipinski definition) is 4. The Balaban J connectivity index is 1.82. The van der Waals surface area contributed by atoms with Crippen LogP contribution in [0.3, 0.4) is 0 Å². The second kappa shape index (κ2) is 14.1. The molecule has 3 rings (SSSR count). The maximum Gasteiger partial charge on any atom is 0.329 e. The second-order valence-corrected chi connectivity index (χ2v) is 11.5. The molecule has 2 aliphatic rings. The van der Waals surface area contributed by atoms with Crippen LogP contribution in [0.4, 0.5) is 4.39 Å². The van der Waals surface area contributed by atoms with Gasteiger partial charge < -0.3 is 36.6 Å². The Morgan fingerprint density at radius 3 is 2.38 bits per heavy atom. The first-order valence-electron chi connectivity index (χ1n) is 14.3. The van der Waals surface area contributed by atoms with Crippen LogP contribution in [-0.4, -0.2) is 95.8 Å². The first-order valence-corrected chi connectivity index (χ1v) is 14.3. The lowest BCUT2D eigenvalue weighted by Gasteiger charge is -2.33. The molecule has 42 heavy (non-hydrogen) atoms. The number of likely N-dealkylation sites (tertiary alicyclic amines) is 2. The number of aryl methyl sites for hydroxylation is 1. The molecule has 2 heterocycles. The largest absolute Gasteiger partial charge is 0.458 e. The molecule has 0 bridgehead atoms. The summed E-state index contributed by atoms with van der Waals surface area (Å²) in [6, 6.07) is -0.623. The number of likely N-dealkylation sites (N-methyl/N-ethyl adjacent to an activating group) is 1. The number of ether oxygens (including phenoxy) is 1. The van der Waals surface area contributed by atoms with E-state index in [-0.39, 0.29) is 30.7 Å². The normalized spacial score (nSPS) is 23.1. The third-order valence-electron chi connectivity index (χ3n) is 7.77. The highest BCUT2D eigenvalue weighted by atomic mass is 19.1. The van der Waals surface area contributed by atoms with Gasteiger partial charge in [-0.1, -0.05) is 13.0 Å². The van der Waals surface area contributed by atoms with Crippen molar-refractivity contribution in [1.29, 1.82) is 0 Å². The molecule has 2 aliphatic heterocycles. The summed E-state index contributed by atoms with van der Waals surface area (Å²) in [5.41, 5.74) is 13.1. The Hall–Kier alpha value is -3.58. The van der Waals surface area contributed by atoms with Gasteiger partial charge >= 0.3 is 5.97 Å². The summed E-state index contributed by atoms with van der Waals surface area (Å²) >= 11 is 0. The molecular weight excluding hydrogens is 547 g/mol. The van der Waals surface area contributed by atoms with E-state index in [0.717, 1.165) is 0 Å². The van der Waals surface area contributed by atoms with Crippen molar-refractivity contribution in [3.05, 3.63) is 35.1 Å². The molecule has 7 atom stereocenters. The quantitative estimate of drug-likeness (QED) is 0.269. The lowest BCUT2D eigenvalue weighted by Crippen LogP contribution is -2.60. The summed E-state index contributed by atoms with van der Waals surface area (Å²) in [6.45, 7) is 7.23. The van der Waals surface area contributed by atoms with Crippen molar-refractivity contribution in [1.82, 2.24) is 20.4 Å². The van der Waals surface area contributed by atoms with Gasteiger partial charge in [0, 0.05) is 20.1 Å². The van der Waals surface area contributed by atoms with E-state index in [1.807, 2.05) is 6.92 Å². The van der Waals surface area contributed by atoms with Gasteiger partial charge in [0.25, 0.3) is 0 Å². The summed E-state index contributed by atoms with van der Waals surface area (Å²) < 4.78 is 19.6. The number of amides is 4. The summed E-state index contributed by atoms with van der Waals surface area (Å²) in [5, 5.41) is 5.17. The van der Waals surface area contributed by atoms with Crippen molar-refractivity contribution in [2.24, 2.45) is 17.4 Å². The van der Waals surface area contributed by atoms with E-state index in [1.165, 1.54) is 42.8 Å². The van der Waals surface area contributed by atoms with Crippen molar-refractivity contribution in [2.45, 2.75) is 89.7 Å². The lowest BCUT2D eigenvalue weighted by atomic mass is 10.0. The fourth-order valence-corrected chi connectivity index (χ4v) is 5.67. The van der Waals surface area contributed by atoms with Gasteiger partial charge in [-0.15, -0.1) is 0 Å². The van der Waals surface area contributed by atoms with E-state index in [1.54, 1.807) is 13.0 Å². The molecule has 2 saturated heterocycles. The summed E-state index contributed by atoms with van der Waals surface area (Å²) in [4.78, 5) is 68.2. The monoisotopic (exact) mass is 590 g/mol. The predicted molar refractivity (Wildman–Crippen MR) is 152 cm³/mol. The molecule has 1 unspecified atom stereocenters. The number of carbonyl (C=O) groups is 5. The van der Waals surface area contributed by atoms with Crippen LogP contribution in [-0.2, 0) is 35.1 Å². The molecule has 0 aromatic heterocycles. The first kappa shape index (κ1) is 32.9. The minimum Gasteiger partial charge on any atom is -0.458 e. The summed E-state index contributed by atoms with van der Waals surface area (Å²) in [6.07, 6.45) is 0.195. The van der Waals surface area contributed by atoms with E-state index in [0.29, 0.717) is 36.9 Å². The number of esters is 1. The Kier molecular flexibility index (Phi) is 11.0. The van der Waals surface area contributed by atoms with E-state index in [2.05, 4.69) is 10.6 Å². The average Bonchev–Trinajstić information content (AvgIpc) is 3.56. The molecule has 0 saturated carbocycles. The van der Waals surface area contributed by atoms with E-state index < -0.39 is 59.9 Å². The maximum atomic E-state index is 13.9. The molecule has 1 aromatic carbocycles. The summed E-state index contributed by atoms with van der Waals surface area (Å²) in [7, 11) is 1.47. The molecule has 4 amide bonds. The van der Waals surface area contributed by atoms with Crippen LogP contribution in [0.15, 0.2) is 18.2 Å². The van der Waals surface area contributed by atoms with Crippen molar-refractivity contribution >= 4 is 29.6 Å². The lowest BCUT2D eigenvalue weighted by molar-refractivity contribution is -0.161. The molecule has 0 aliphatic carbocycles. The average molecular weight is 591 g/mol. The molecule has 0 spiro atoms. The summed E-state index contributed by atoms with van der Waals surface area (Å²) in [5.74, 6) is -3.21. The highest BCUT2D eigenvalue weighted by molar-refractivity contribution is 5.94. The SMILES string of the molecule is CNC(=O)[C@@H]1CCCN1C(=O)[C@@H](NC(=O)[C@@H](N)Cc1cc(C)cc(F)c1)[C@H](C)OC(=O)C1C[C@H](C)CN1C(=O)[C@H](C)N. The number of nitrogens with zero attached hydrogens (tertiary/aromatic N) is 2. The third kappa shape index (κ3) is 7.82. The Morgan fingerprint density at radius 1 is 1.07 bits per heavy atom. The van der Waals surface area contributed by atoms with Crippen molar-refractivity contribution in [3.63, 3.8) is 0 Å². The number of halogens is 1. The molecular formula is C29H43FN6O6. The molecule has 13 heteroatoms. The van der Waals surface area contributed by atoms with Crippen LogP contribution in [0.2, 0.25) is 0 Å². The van der Waals surface area contributed by atoms with Gasteiger partial charge in [-0.05, 0) is 75.6 Å². The van der Waals surface area contributed by atoms with Crippen molar-refractivity contribution < 1.29 is 33.1 Å². The van der Waals surface area contributed by atoms with Crippen LogP contribution in [0.1, 0.15) is 51.2 Å². The Bertz CT molecular complexity index is 1170. The van der Waals surface area contributed by atoms with Crippen LogP contribution in [0, 0.1) is 18.7 Å². The molecule has 1 aromatic rings. The smallest absolute Gasteiger partial charge is 0.329 e.